The number of ether oxygens (including phenoxy) is 1. The number of allylic oxidation sites excluding steroid dienone is 1. The van der Waals surface area contributed by atoms with E-state index in [1.54, 1.807) is 19.1 Å². The Morgan fingerprint density at radius 2 is 2.31 bits per heavy atom. The minimum absolute atomic E-state index is 0.363. The van der Waals surface area contributed by atoms with E-state index in [1.807, 2.05) is 6.92 Å². The van der Waals surface area contributed by atoms with Crippen LogP contribution < -0.4 is 0 Å². The first-order valence-corrected chi connectivity index (χ1v) is 4.98. The quantitative estimate of drug-likeness (QED) is 0.101. The first-order valence-electron chi connectivity index (χ1n) is 4.98. The number of hydrogen-bond acceptors (Lipinski definition) is 3. The molecule has 5 heteroatoms. The molecule has 0 rings (SSSR count). The Hall–Kier alpha value is -1.96. The fraction of sp³-hybridized carbons (Fsp3) is 0.455. The number of rotatable bonds is 6. The molecule has 0 aliphatic carbocycles. The molecule has 0 N–H and O–H groups in total. The van der Waals surface area contributed by atoms with Crippen molar-refractivity contribution < 1.29 is 9.53 Å². The van der Waals surface area contributed by atoms with Gasteiger partial charge in [-0.15, -0.1) is 5.73 Å². The molecular weight excluding hydrogens is 206 g/mol. The Balaban J connectivity index is 4.12. The zero-order valence-electron chi connectivity index (χ0n) is 9.51. The summed E-state index contributed by atoms with van der Waals surface area (Å²) in [5, 5.41) is 3.38. The lowest BCUT2D eigenvalue weighted by molar-refractivity contribution is -0.137. The van der Waals surface area contributed by atoms with E-state index in [0.717, 1.165) is 5.57 Å². The normalized spacial score (nSPS) is 9.12. The molecule has 0 aliphatic rings. The van der Waals surface area contributed by atoms with Crippen molar-refractivity contribution in [3.8, 4) is 0 Å². The Morgan fingerprint density at radius 3 is 2.94 bits per heavy atom. The number of esters is 1. The van der Waals surface area contributed by atoms with Crippen LogP contribution in [0.3, 0.4) is 0 Å². The van der Waals surface area contributed by atoms with Crippen LogP contribution in [-0.4, -0.2) is 19.1 Å². The van der Waals surface area contributed by atoms with Gasteiger partial charge in [-0.2, -0.15) is 0 Å². The van der Waals surface area contributed by atoms with Crippen molar-refractivity contribution in [3.63, 3.8) is 0 Å². The number of hydrogen-bond donors (Lipinski definition) is 0. The van der Waals surface area contributed by atoms with Gasteiger partial charge in [0.2, 0.25) is 0 Å². The second kappa shape index (κ2) is 9.59. The van der Waals surface area contributed by atoms with Crippen LogP contribution in [0.2, 0.25) is 0 Å². The van der Waals surface area contributed by atoms with Gasteiger partial charge in [-0.1, -0.05) is 5.11 Å². The van der Waals surface area contributed by atoms with Gasteiger partial charge in [-0.05, 0) is 43.5 Å². The molecule has 0 radical (unpaired) electrons. The average Bonchev–Trinajstić information content (AvgIpc) is 2.26. The lowest BCUT2D eigenvalue weighted by atomic mass is 10.2. The van der Waals surface area contributed by atoms with E-state index in [9.17, 15) is 4.79 Å². The number of carbonyl (C=O) groups is 1. The highest BCUT2D eigenvalue weighted by Gasteiger charge is 1.91. The Labute approximate surface area is 94.7 Å². The summed E-state index contributed by atoms with van der Waals surface area (Å²) < 4.78 is 4.72. The van der Waals surface area contributed by atoms with Gasteiger partial charge in [0.05, 0.1) is 6.61 Å². The van der Waals surface area contributed by atoms with Crippen LogP contribution in [0.5, 0.6) is 0 Å². The van der Waals surface area contributed by atoms with E-state index in [2.05, 4.69) is 15.8 Å². The summed E-state index contributed by atoms with van der Waals surface area (Å²) >= 11 is 0. The van der Waals surface area contributed by atoms with Crippen LogP contribution in [0.4, 0.5) is 0 Å². The maximum Gasteiger partial charge on any atom is 0.330 e. The Bertz CT molecular complexity index is 359. The molecule has 0 bridgehead atoms. The fourth-order valence-electron chi connectivity index (χ4n) is 0.832. The largest absolute Gasteiger partial charge is 0.463 e. The van der Waals surface area contributed by atoms with E-state index in [1.165, 1.54) is 6.08 Å². The summed E-state index contributed by atoms with van der Waals surface area (Å²) in [6.45, 7) is 4.36. The molecule has 0 amide bonds. The standard InChI is InChI=1S/C11H15N3O2/c1-3-16-11(15)8-7-10(2)6-4-5-9-13-14-12/h4,7-8H,3,5,9H2,1-2H3/b8-7+. The summed E-state index contributed by atoms with van der Waals surface area (Å²) in [6, 6.07) is 0. The summed E-state index contributed by atoms with van der Waals surface area (Å²) in [6.07, 6.45) is 5.38. The monoisotopic (exact) mass is 221 g/mol. The van der Waals surface area contributed by atoms with Gasteiger partial charge in [0, 0.05) is 17.5 Å². The van der Waals surface area contributed by atoms with E-state index in [-0.39, 0.29) is 5.97 Å². The topological polar surface area (TPSA) is 75.1 Å². The fourth-order valence-corrected chi connectivity index (χ4v) is 0.832. The summed E-state index contributed by atoms with van der Waals surface area (Å²) in [7, 11) is 0. The molecule has 0 heterocycles. The number of azide groups is 1. The van der Waals surface area contributed by atoms with Crippen molar-refractivity contribution in [2.45, 2.75) is 20.3 Å². The minimum Gasteiger partial charge on any atom is -0.463 e. The van der Waals surface area contributed by atoms with E-state index >= 15 is 0 Å². The molecule has 5 nitrogen and oxygen atoms in total. The molecular formula is C11H15N3O2. The van der Waals surface area contributed by atoms with E-state index in [4.69, 9.17) is 10.3 Å². The predicted molar refractivity (Wildman–Crippen MR) is 61.7 cm³/mol. The SMILES string of the molecule is CCOC(=O)/C=C/C(C)=C=CCCN=[N+]=[N-]. The number of carbonyl (C=O) groups excluding carboxylic acids is 1. The van der Waals surface area contributed by atoms with Crippen molar-refractivity contribution in [3.05, 3.63) is 40.0 Å². The Kier molecular flexibility index (Phi) is 8.41. The van der Waals surface area contributed by atoms with Crippen LogP contribution in [0.25, 0.3) is 10.4 Å². The third-order valence-corrected chi connectivity index (χ3v) is 1.52. The molecule has 0 fully saturated rings. The lowest BCUT2D eigenvalue weighted by Crippen LogP contribution is -1.98. The van der Waals surface area contributed by atoms with Crippen molar-refractivity contribution in [2.24, 2.45) is 5.11 Å². The van der Waals surface area contributed by atoms with Gasteiger partial charge >= 0.3 is 5.97 Å². The summed E-state index contributed by atoms with van der Waals surface area (Å²) in [4.78, 5) is 13.6. The third-order valence-electron chi connectivity index (χ3n) is 1.52. The highest BCUT2D eigenvalue weighted by atomic mass is 16.5. The van der Waals surface area contributed by atoms with Gasteiger partial charge in [0.1, 0.15) is 0 Å². The second-order valence-corrected chi connectivity index (χ2v) is 2.86. The molecule has 86 valence electrons. The van der Waals surface area contributed by atoms with Crippen molar-refractivity contribution in [1.29, 1.82) is 0 Å². The van der Waals surface area contributed by atoms with E-state index in [0.29, 0.717) is 19.6 Å². The van der Waals surface area contributed by atoms with Gasteiger partial charge < -0.3 is 4.74 Å². The van der Waals surface area contributed by atoms with Crippen LogP contribution >= 0.6 is 0 Å². The van der Waals surface area contributed by atoms with Crippen LogP contribution in [0.15, 0.2) is 34.6 Å². The van der Waals surface area contributed by atoms with Gasteiger partial charge in [0.15, 0.2) is 0 Å². The molecule has 16 heavy (non-hydrogen) atoms. The highest BCUT2D eigenvalue weighted by molar-refractivity contribution is 5.82. The highest BCUT2D eigenvalue weighted by Crippen LogP contribution is 1.94. The molecule has 0 spiro atoms. The maximum absolute atomic E-state index is 10.9. The summed E-state index contributed by atoms with van der Waals surface area (Å²) in [5.74, 6) is -0.363. The van der Waals surface area contributed by atoms with Gasteiger partial charge in [0.25, 0.3) is 0 Å². The summed E-state index contributed by atoms with van der Waals surface area (Å²) in [5.41, 5.74) is 11.8. The van der Waals surface area contributed by atoms with E-state index < -0.39 is 0 Å². The first-order chi connectivity index (χ1) is 7.70. The molecule has 0 aromatic rings. The zero-order valence-corrected chi connectivity index (χ0v) is 9.51. The molecule has 0 unspecified atom stereocenters. The minimum atomic E-state index is -0.363. The third kappa shape index (κ3) is 8.63. The Morgan fingerprint density at radius 1 is 1.56 bits per heavy atom. The average molecular weight is 221 g/mol. The van der Waals surface area contributed by atoms with Crippen molar-refractivity contribution >= 4 is 5.97 Å². The first kappa shape index (κ1) is 14.0. The molecule has 0 aromatic heterocycles. The zero-order chi connectivity index (χ0) is 12.2. The smallest absolute Gasteiger partial charge is 0.330 e. The van der Waals surface area contributed by atoms with Gasteiger partial charge in [-0.3, -0.25) is 0 Å². The van der Waals surface area contributed by atoms with Crippen LogP contribution in [0.1, 0.15) is 20.3 Å². The molecule has 0 aromatic carbocycles. The van der Waals surface area contributed by atoms with Crippen molar-refractivity contribution in [2.75, 3.05) is 13.2 Å². The predicted octanol–water partition coefficient (Wildman–Crippen LogP) is 2.91. The maximum atomic E-state index is 10.9. The molecule has 0 aliphatic heterocycles. The van der Waals surface area contributed by atoms with Crippen molar-refractivity contribution in [1.82, 2.24) is 0 Å². The van der Waals surface area contributed by atoms with Crippen LogP contribution in [-0.2, 0) is 9.53 Å². The lowest BCUT2D eigenvalue weighted by Gasteiger charge is -1.93. The second-order valence-electron chi connectivity index (χ2n) is 2.86. The van der Waals surface area contributed by atoms with Gasteiger partial charge in [-0.25, -0.2) is 4.79 Å². The molecule has 0 atom stereocenters. The van der Waals surface area contributed by atoms with Crippen LogP contribution in [0, 0.1) is 0 Å². The molecule has 0 saturated carbocycles. The number of nitrogens with zero attached hydrogens (tertiary/aromatic N) is 3. The molecule has 0 saturated heterocycles.